The third kappa shape index (κ3) is 4.91. The van der Waals surface area contributed by atoms with E-state index in [-0.39, 0.29) is 30.7 Å². The van der Waals surface area contributed by atoms with Gasteiger partial charge in [0.05, 0.1) is 0 Å². The monoisotopic (exact) mass is 369 g/mol. The summed E-state index contributed by atoms with van der Waals surface area (Å²) in [7, 11) is 1.95. The van der Waals surface area contributed by atoms with Crippen LogP contribution in [0, 0.1) is 5.92 Å². The van der Waals surface area contributed by atoms with Crippen molar-refractivity contribution in [1.82, 2.24) is 15.2 Å². The number of aromatic nitrogens is 1. The Hall–Kier alpha value is -0.360. The van der Waals surface area contributed by atoms with Crippen LogP contribution in [0.3, 0.4) is 0 Å². The summed E-state index contributed by atoms with van der Waals surface area (Å²) in [6, 6.07) is 3.61. The standard InChI is InChI=1S/C12H16BrN3O.2ClH/c1-14-6-9-4-5-16(8-9)12(17)11-3-2-10(13)7-15-11;;/h2-3,7,9,14H,4-6,8H2,1H3;2*1H. The van der Waals surface area contributed by atoms with E-state index in [9.17, 15) is 4.79 Å². The first-order valence-electron chi connectivity index (χ1n) is 5.76. The second-order valence-corrected chi connectivity index (χ2v) is 5.24. The summed E-state index contributed by atoms with van der Waals surface area (Å²) in [5, 5.41) is 3.16. The maximum Gasteiger partial charge on any atom is 0.272 e. The van der Waals surface area contributed by atoms with Crippen molar-refractivity contribution in [3.8, 4) is 0 Å². The number of nitrogens with one attached hydrogen (secondary N) is 1. The molecule has 1 atom stereocenters. The van der Waals surface area contributed by atoms with Crippen molar-refractivity contribution in [2.75, 3.05) is 26.7 Å². The zero-order valence-electron chi connectivity index (χ0n) is 10.6. The number of carbonyl (C=O) groups excluding carboxylic acids is 1. The van der Waals surface area contributed by atoms with E-state index in [2.05, 4.69) is 26.2 Å². The molecule has 2 rings (SSSR count). The van der Waals surface area contributed by atoms with Gasteiger partial charge in [-0.2, -0.15) is 0 Å². The van der Waals surface area contributed by atoms with Gasteiger partial charge in [-0.25, -0.2) is 4.98 Å². The van der Waals surface area contributed by atoms with Crippen LogP contribution in [0.1, 0.15) is 16.9 Å². The van der Waals surface area contributed by atoms with E-state index in [0.717, 1.165) is 30.5 Å². The second-order valence-electron chi connectivity index (χ2n) is 4.33. The molecule has 2 heterocycles. The highest BCUT2D eigenvalue weighted by molar-refractivity contribution is 9.10. The van der Waals surface area contributed by atoms with E-state index in [1.807, 2.05) is 18.0 Å². The van der Waals surface area contributed by atoms with Crippen molar-refractivity contribution >= 4 is 46.7 Å². The summed E-state index contributed by atoms with van der Waals surface area (Å²) in [5.74, 6) is 0.607. The molecule has 1 aromatic rings. The van der Waals surface area contributed by atoms with Gasteiger partial charge < -0.3 is 10.2 Å². The normalized spacial score (nSPS) is 17.6. The highest BCUT2D eigenvalue weighted by Crippen LogP contribution is 2.18. The van der Waals surface area contributed by atoms with Crippen LogP contribution in [0.2, 0.25) is 0 Å². The lowest BCUT2D eigenvalue weighted by Gasteiger charge is -2.15. The lowest BCUT2D eigenvalue weighted by Crippen LogP contribution is -2.30. The van der Waals surface area contributed by atoms with E-state index in [1.54, 1.807) is 12.3 Å². The Morgan fingerprint density at radius 3 is 2.84 bits per heavy atom. The number of halogens is 3. The summed E-state index contributed by atoms with van der Waals surface area (Å²) in [6.45, 7) is 2.64. The highest BCUT2D eigenvalue weighted by atomic mass is 79.9. The molecule has 1 aliphatic rings. The third-order valence-corrected chi connectivity index (χ3v) is 3.48. The van der Waals surface area contributed by atoms with Gasteiger partial charge in [0.25, 0.3) is 5.91 Å². The molecule has 0 spiro atoms. The zero-order chi connectivity index (χ0) is 12.3. The van der Waals surface area contributed by atoms with Crippen LogP contribution < -0.4 is 5.32 Å². The van der Waals surface area contributed by atoms with Crippen LogP contribution in [0.25, 0.3) is 0 Å². The SMILES string of the molecule is CNCC1CCN(C(=O)c2ccc(Br)cn2)C1.Cl.Cl. The first-order valence-corrected chi connectivity index (χ1v) is 6.55. The van der Waals surface area contributed by atoms with Gasteiger partial charge in [-0.15, -0.1) is 24.8 Å². The summed E-state index contributed by atoms with van der Waals surface area (Å²) >= 11 is 3.31. The van der Waals surface area contributed by atoms with Crippen molar-refractivity contribution in [3.05, 3.63) is 28.5 Å². The molecule has 0 radical (unpaired) electrons. The van der Waals surface area contributed by atoms with Crippen molar-refractivity contribution in [2.24, 2.45) is 5.92 Å². The maximum atomic E-state index is 12.1. The topological polar surface area (TPSA) is 45.2 Å². The Balaban J connectivity index is 0.00000162. The molecule has 7 heteroatoms. The number of likely N-dealkylation sites (tertiary alicyclic amines) is 1. The van der Waals surface area contributed by atoms with Gasteiger partial charge in [0.15, 0.2) is 0 Å². The fourth-order valence-electron chi connectivity index (χ4n) is 2.14. The minimum atomic E-state index is 0. The van der Waals surface area contributed by atoms with Gasteiger partial charge in [-0.3, -0.25) is 4.79 Å². The molecular formula is C12H18BrCl2N3O. The molecule has 4 nitrogen and oxygen atoms in total. The van der Waals surface area contributed by atoms with Crippen LogP contribution in [0.5, 0.6) is 0 Å². The van der Waals surface area contributed by atoms with Gasteiger partial charge in [0.1, 0.15) is 5.69 Å². The number of nitrogens with zero attached hydrogens (tertiary/aromatic N) is 2. The van der Waals surface area contributed by atoms with Gasteiger partial charge in [-0.05, 0) is 54.0 Å². The van der Waals surface area contributed by atoms with Crippen molar-refractivity contribution in [3.63, 3.8) is 0 Å². The van der Waals surface area contributed by atoms with Crippen LogP contribution in [-0.4, -0.2) is 42.5 Å². The van der Waals surface area contributed by atoms with E-state index in [4.69, 9.17) is 0 Å². The number of rotatable bonds is 3. The van der Waals surface area contributed by atoms with E-state index in [1.165, 1.54) is 0 Å². The predicted molar refractivity (Wildman–Crippen MR) is 84.4 cm³/mol. The first kappa shape index (κ1) is 18.6. The lowest BCUT2D eigenvalue weighted by atomic mass is 10.1. The summed E-state index contributed by atoms with van der Waals surface area (Å²) < 4.78 is 0.892. The van der Waals surface area contributed by atoms with Crippen LogP contribution in [0.4, 0.5) is 0 Å². The molecule has 0 aromatic carbocycles. The van der Waals surface area contributed by atoms with Crippen molar-refractivity contribution < 1.29 is 4.79 Å². The van der Waals surface area contributed by atoms with Gasteiger partial charge in [-0.1, -0.05) is 0 Å². The molecule has 0 aliphatic carbocycles. The Morgan fingerprint density at radius 1 is 1.53 bits per heavy atom. The van der Waals surface area contributed by atoms with Crippen molar-refractivity contribution in [1.29, 1.82) is 0 Å². The van der Waals surface area contributed by atoms with Gasteiger partial charge in [0, 0.05) is 23.8 Å². The van der Waals surface area contributed by atoms with Gasteiger partial charge >= 0.3 is 0 Å². The average Bonchev–Trinajstić information content (AvgIpc) is 2.78. The van der Waals surface area contributed by atoms with Crippen LogP contribution in [0.15, 0.2) is 22.8 Å². The molecule has 1 fully saturated rings. The van der Waals surface area contributed by atoms with E-state index in [0.29, 0.717) is 11.6 Å². The fraction of sp³-hybridized carbons (Fsp3) is 0.500. The molecular weight excluding hydrogens is 353 g/mol. The molecule has 0 bridgehead atoms. The van der Waals surface area contributed by atoms with Crippen LogP contribution >= 0.6 is 40.7 Å². The Kier molecular flexibility index (Phi) is 8.57. The fourth-order valence-corrected chi connectivity index (χ4v) is 2.37. The quantitative estimate of drug-likeness (QED) is 0.888. The van der Waals surface area contributed by atoms with Crippen molar-refractivity contribution in [2.45, 2.75) is 6.42 Å². The van der Waals surface area contributed by atoms with E-state index >= 15 is 0 Å². The molecule has 1 unspecified atom stereocenters. The molecule has 19 heavy (non-hydrogen) atoms. The maximum absolute atomic E-state index is 12.1. The molecule has 0 saturated carbocycles. The van der Waals surface area contributed by atoms with Gasteiger partial charge in [0.2, 0.25) is 0 Å². The number of hydrogen-bond acceptors (Lipinski definition) is 3. The number of hydrogen-bond donors (Lipinski definition) is 1. The number of amides is 1. The average molecular weight is 371 g/mol. The largest absolute Gasteiger partial charge is 0.337 e. The number of pyridine rings is 1. The molecule has 1 N–H and O–H groups in total. The molecule has 1 amide bonds. The zero-order valence-corrected chi connectivity index (χ0v) is 13.9. The Labute approximate surface area is 134 Å². The molecule has 1 aliphatic heterocycles. The third-order valence-electron chi connectivity index (χ3n) is 3.01. The first-order chi connectivity index (χ1) is 8.20. The molecule has 108 valence electrons. The number of carbonyl (C=O) groups is 1. The molecule has 1 aromatic heterocycles. The Morgan fingerprint density at radius 2 is 2.26 bits per heavy atom. The van der Waals surface area contributed by atoms with Crippen LogP contribution in [-0.2, 0) is 0 Å². The minimum Gasteiger partial charge on any atom is -0.337 e. The summed E-state index contributed by atoms with van der Waals surface area (Å²) in [4.78, 5) is 18.2. The highest BCUT2D eigenvalue weighted by Gasteiger charge is 2.26. The summed E-state index contributed by atoms with van der Waals surface area (Å²) in [6.07, 6.45) is 2.73. The Bertz CT molecular complexity index is 402. The second kappa shape index (κ2) is 8.74. The lowest BCUT2D eigenvalue weighted by molar-refractivity contribution is 0.0781. The minimum absolute atomic E-state index is 0. The summed E-state index contributed by atoms with van der Waals surface area (Å²) in [5.41, 5.74) is 0.526. The van der Waals surface area contributed by atoms with E-state index < -0.39 is 0 Å². The molecule has 1 saturated heterocycles. The predicted octanol–water partition coefficient (Wildman–Crippen LogP) is 2.37. The smallest absolute Gasteiger partial charge is 0.272 e.